The van der Waals surface area contributed by atoms with Crippen LogP contribution in [0.4, 0.5) is 5.69 Å². The second-order valence-electron chi connectivity index (χ2n) is 5.42. The first-order chi connectivity index (χ1) is 11.1. The molecule has 23 heavy (non-hydrogen) atoms. The number of benzene rings is 2. The minimum absolute atomic E-state index is 0.148. The van der Waals surface area contributed by atoms with Crippen molar-refractivity contribution >= 4 is 23.4 Å². The summed E-state index contributed by atoms with van der Waals surface area (Å²) in [4.78, 5) is 13.7. The van der Waals surface area contributed by atoms with Gasteiger partial charge in [-0.15, -0.1) is 11.8 Å². The van der Waals surface area contributed by atoms with Crippen LogP contribution in [-0.2, 0) is 0 Å². The van der Waals surface area contributed by atoms with E-state index in [4.69, 9.17) is 4.74 Å². The smallest absolute Gasteiger partial charge is 0.259 e. The van der Waals surface area contributed by atoms with Crippen molar-refractivity contribution in [3.8, 4) is 5.75 Å². The molecule has 0 radical (unpaired) electrons. The largest absolute Gasteiger partial charge is 0.496 e. The lowest BCUT2D eigenvalue weighted by molar-refractivity contribution is 0.102. The van der Waals surface area contributed by atoms with E-state index in [1.54, 1.807) is 18.9 Å². The number of anilines is 1. The van der Waals surface area contributed by atoms with E-state index in [1.165, 1.54) is 0 Å². The molecule has 1 amide bonds. The van der Waals surface area contributed by atoms with E-state index in [9.17, 15) is 4.79 Å². The summed E-state index contributed by atoms with van der Waals surface area (Å²) in [6, 6.07) is 13.6. The molecule has 2 aromatic rings. The number of carbonyl (C=O) groups excluding carboxylic acids is 1. The van der Waals surface area contributed by atoms with Crippen LogP contribution in [0.1, 0.15) is 42.1 Å². The minimum atomic E-state index is -0.148. The quantitative estimate of drug-likeness (QED) is 0.742. The Labute approximate surface area is 142 Å². The number of ether oxygens (including phenoxy) is 1. The molecule has 4 heteroatoms. The first-order valence-electron chi connectivity index (χ1n) is 7.73. The number of para-hydroxylation sites is 1. The molecule has 0 aliphatic heterocycles. The van der Waals surface area contributed by atoms with Crippen LogP contribution in [0.25, 0.3) is 0 Å². The SMILES string of the molecule is CC[C@@H](C)c1ccccc1NC(=O)c1ccc(SC)cc1OC. The van der Waals surface area contributed by atoms with Crippen molar-refractivity contribution in [2.75, 3.05) is 18.7 Å². The predicted molar refractivity (Wildman–Crippen MR) is 97.9 cm³/mol. The Morgan fingerprint density at radius 1 is 1.26 bits per heavy atom. The number of amides is 1. The van der Waals surface area contributed by atoms with E-state index < -0.39 is 0 Å². The van der Waals surface area contributed by atoms with Crippen molar-refractivity contribution < 1.29 is 9.53 Å². The Bertz CT molecular complexity index is 685. The highest BCUT2D eigenvalue weighted by molar-refractivity contribution is 7.98. The lowest BCUT2D eigenvalue weighted by atomic mass is 9.96. The van der Waals surface area contributed by atoms with Crippen LogP contribution in [0.2, 0.25) is 0 Å². The Morgan fingerprint density at radius 3 is 2.65 bits per heavy atom. The predicted octanol–water partition coefficient (Wildman–Crippen LogP) is 5.18. The molecule has 3 nitrogen and oxygen atoms in total. The lowest BCUT2D eigenvalue weighted by Crippen LogP contribution is -2.15. The van der Waals surface area contributed by atoms with Crippen LogP contribution in [0, 0.1) is 0 Å². The van der Waals surface area contributed by atoms with E-state index in [1.807, 2.05) is 42.7 Å². The van der Waals surface area contributed by atoms with Gasteiger partial charge in [0.15, 0.2) is 0 Å². The van der Waals surface area contributed by atoms with Gasteiger partial charge in [0.1, 0.15) is 5.75 Å². The van der Waals surface area contributed by atoms with Gasteiger partial charge in [-0.05, 0) is 48.4 Å². The van der Waals surface area contributed by atoms with Crippen LogP contribution >= 0.6 is 11.8 Å². The molecular formula is C19H23NO2S. The molecule has 2 aromatic carbocycles. The maximum Gasteiger partial charge on any atom is 0.259 e. The van der Waals surface area contributed by atoms with Gasteiger partial charge in [-0.2, -0.15) is 0 Å². The summed E-state index contributed by atoms with van der Waals surface area (Å²) < 4.78 is 5.37. The molecule has 0 aliphatic carbocycles. The molecule has 0 aliphatic rings. The van der Waals surface area contributed by atoms with Gasteiger partial charge in [-0.3, -0.25) is 4.79 Å². The Morgan fingerprint density at radius 2 is 2.00 bits per heavy atom. The third-order valence-electron chi connectivity index (χ3n) is 4.01. The molecule has 0 fully saturated rings. The molecule has 0 heterocycles. The molecule has 122 valence electrons. The summed E-state index contributed by atoms with van der Waals surface area (Å²) >= 11 is 1.62. The van der Waals surface area contributed by atoms with Crippen molar-refractivity contribution in [1.82, 2.24) is 0 Å². The monoisotopic (exact) mass is 329 g/mol. The second kappa shape index (κ2) is 8.06. The van der Waals surface area contributed by atoms with E-state index >= 15 is 0 Å². The van der Waals surface area contributed by atoms with E-state index in [-0.39, 0.29) is 5.91 Å². The molecule has 1 N–H and O–H groups in total. The van der Waals surface area contributed by atoms with Crippen molar-refractivity contribution in [2.45, 2.75) is 31.1 Å². The van der Waals surface area contributed by atoms with E-state index in [0.717, 1.165) is 22.6 Å². The third kappa shape index (κ3) is 4.08. The van der Waals surface area contributed by atoms with Crippen LogP contribution in [0.15, 0.2) is 47.4 Å². The zero-order valence-electron chi connectivity index (χ0n) is 14.1. The molecule has 0 spiro atoms. The molecule has 0 unspecified atom stereocenters. The molecular weight excluding hydrogens is 306 g/mol. The third-order valence-corrected chi connectivity index (χ3v) is 4.73. The van der Waals surface area contributed by atoms with Gasteiger partial charge in [0.05, 0.1) is 12.7 Å². The van der Waals surface area contributed by atoms with Crippen molar-refractivity contribution in [1.29, 1.82) is 0 Å². The maximum atomic E-state index is 12.7. The minimum Gasteiger partial charge on any atom is -0.496 e. The van der Waals surface area contributed by atoms with Gasteiger partial charge in [0.25, 0.3) is 5.91 Å². The fraction of sp³-hybridized carbons (Fsp3) is 0.316. The maximum absolute atomic E-state index is 12.7. The highest BCUT2D eigenvalue weighted by atomic mass is 32.2. The number of rotatable bonds is 6. The first-order valence-corrected chi connectivity index (χ1v) is 8.95. The number of hydrogen-bond acceptors (Lipinski definition) is 3. The molecule has 1 atom stereocenters. The molecule has 0 saturated heterocycles. The van der Waals surface area contributed by atoms with E-state index in [2.05, 4.69) is 25.2 Å². The first kappa shape index (κ1) is 17.4. The van der Waals surface area contributed by atoms with Crippen molar-refractivity contribution in [3.63, 3.8) is 0 Å². The summed E-state index contributed by atoms with van der Waals surface area (Å²) in [5.41, 5.74) is 2.56. The van der Waals surface area contributed by atoms with Crippen LogP contribution in [-0.4, -0.2) is 19.3 Å². The topological polar surface area (TPSA) is 38.3 Å². The summed E-state index contributed by atoms with van der Waals surface area (Å²) in [5.74, 6) is 0.841. The van der Waals surface area contributed by atoms with E-state index in [0.29, 0.717) is 17.2 Å². The van der Waals surface area contributed by atoms with Gasteiger partial charge in [0.2, 0.25) is 0 Å². The standard InChI is InChI=1S/C19H23NO2S/c1-5-13(2)15-8-6-7-9-17(15)20-19(21)16-11-10-14(23-4)12-18(16)22-3/h6-13H,5H2,1-4H3,(H,20,21)/t13-/m1/s1. The summed E-state index contributed by atoms with van der Waals surface area (Å²) in [6.45, 7) is 4.31. The molecule has 0 saturated carbocycles. The number of hydrogen-bond donors (Lipinski definition) is 1. The number of methoxy groups -OCH3 is 1. The Hall–Kier alpha value is -1.94. The Kier molecular flexibility index (Phi) is 6.11. The zero-order chi connectivity index (χ0) is 16.8. The van der Waals surface area contributed by atoms with Crippen LogP contribution < -0.4 is 10.1 Å². The summed E-state index contributed by atoms with van der Waals surface area (Å²) in [7, 11) is 1.59. The molecule has 0 aromatic heterocycles. The van der Waals surface area contributed by atoms with Crippen LogP contribution in [0.3, 0.4) is 0 Å². The summed E-state index contributed by atoms with van der Waals surface area (Å²) in [5, 5.41) is 3.03. The van der Waals surface area contributed by atoms with Crippen molar-refractivity contribution in [2.24, 2.45) is 0 Å². The number of nitrogens with one attached hydrogen (secondary N) is 1. The fourth-order valence-corrected chi connectivity index (χ4v) is 2.87. The van der Waals surface area contributed by atoms with Gasteiger partial charge < -0.3 is 10.1 Å². The fourth-order valence-electron chi connectivity index (χ4n) is 2.44. The normalized spacial score (nSPS) is 11.8. The van der Waals surface area contributed by atoms with Gasteiger partial charge >= 0.3 is 0 Å². The van der Waals surface area contributed by atoms with Gasteiger partial charge in [-0.25, -0.2) is 0 Å². The Balaban J connectivity index is 2.30. The van der Waals surface area contributed by atoms with Crippen molar-refractivity contribution in [3.05, 3.63) is 53.6 Å². The molecule has 2 rings (SSSR count). The van der Waals surface area contributed by atoms with Gasteiger partial charge in [0, 0.05) is 10.6 Å². The summed E-state index contributed by atoms with van der Waals surface area (Å²) in [6.07, 6.45) is 3.02. The number of thioether (sulfide) groups is 1. The lowest BCUT2D eigenvalue weighted by Gasteiger charge is -2.16. The number of carbonyl (C=O) groups is 1. The van der Waals surface area contributed by atoms with Crippen LogP contribution in [0.5, 0.6) is 5.75 Å². The highest BCUT2D eigenvalue weighted by Crippen LogP contribution is 2.29. The highest BCUT2D eigenvalue weighted by Gasteiger charge is 2.16. The van der Waals surface area contributed by atoms with Gasteiger partial charge in [-0.1, -0.05) is 32.0 Å². The molecule has 0 bridgehead atoms. The zero-order valence-corrected chi connectivity index (χ0v) is 14.9. The average molecular weight is 329 g/mol. The average Bonchev–Trinajstić information content (AvgIpc) is 2.60. The second-order valence-corrected chi connectivity index (χ2v) is 6.30.